The van der Waals surface area contributed by atoms with Crippen LogP contribution in [0.3, 0.4) is 0 Å². The Hall–Kier alpha value is -4.11. The van der Waals surface area contributed by atoms with Crippen molar-refractivity contribution >= 4 is 15.5 Å². The molecule has 0 aliphatic carbocycles. The first-order chi connectivity index (χ1) is 19.9. The number of imidazole rings is 1. The molecule has 0 fully saturated rings. The van der Waals surface area contributed by atoms with Crippen molar-refractivity contribution in [3.8, 4) is 28.6 Å². The van der Waals surface area contributed by atoms with E-state index in [1.54, 1.807) is 13.8 Å². The summed E-state index contributed by atoms with van der Waals surface area (Å²) in [5, 5.41) is 4.57. The van der Waals surface area contributed by atoms with Crippen LogP contribution in [-0.2, 0) is 22.9 Å². The predicted octanol–water partition coefficient (Wildman–Crippen LogP) is 3.92. The van der Waals surface area contributed by atoms with Crippen molar-refractivity contribution < 1.29 is 35.8 Å². The Morgan fingerprint density at radius 1 is 1.14 bits per heavy atom. The number of nitrogens with one attached hydrogen (secondary N) is 2. The summed E-state index contributed by atoms with van der Waals surface area (Å²) in [6.07, 6.45) is -5.56. The van der Waals surface area contributed by atoms with Crippen LogP contribution in [0.4, 0.5) is 13.2 Å². The maximum atomic E-state index is 13.5. The second kappa shape index (κ2) is 11.3. The molecule has 0 saturated carbocycles. The fourth-order valence-electron chi connectivity index (χ4n) is 4.56. The summed E-state index contributed by atoms with van der Waals surface area (Å²) in [5.74, 6) is 0.503. The van der Waals surface area contributed by atoms with Crippen LogP contribution >= 0.6 is 0 Å². The molecule has 0 radical (unpaired) electrons. The third kappa shape index (κ3) is 5.66. The lowest BCUT2D eigenvalue weighted by Gasteiger charge is -2.28. The average Bonchev–Trinajstić information content (AvgIpc) is 3.25. The minimum absolute atomic E-state index is 0.0739. The van der Waals surface area contributed by atoms with Gasteiger partial charge in [-0.05, 0) is 62.6 Å². The molecule has 1 aliphatic heterocycles. The Labute approximate surface area is 238 Å². The smallest absolute Gasteiger partial charge is 0.468 e. The predicted molar refractivity (Wildman–Crippen MR) is 145 cm³/mol. The number of halogens is 3. The van der Waals surface area contributed by atoms with Gasteiger partial charge in [0, 0.05) is 13.0 Å². The number of ether oxygens (including phenoxy) is 3. The largest absolute Gasteiger partial charge is 0.493 e. The highest BCUT2D eigenvalue weighted by atomic mass is 32.2. The lowest BCUT2D eigenvalue weighted by Crippen LogP contribution is -2.43. The molecule has 0 amide bonds. The Kier molecular flexibility index (Phi) is 7.90. The van der Waals surface area contributed by atoms with Gasteiger partial charge in [-0.3, -0.25) is 4.79 Å². The number of H-pyrrole nitrogens is 1. The number of hydrogen-bond donors (Lipinski definition) is 2. The number of benzene rings is 2. The molecular weight excluding hydrogens is 579 g/mol. The Balaban J connectivity index is 1.40. The van der Waals surface area contributed by atoms with Crippen molar-refractivity contribution in [2.45, 2.75) is 57.4 Å². The van der Waals surface area contributed by atoms with Gasteiger partial charge >= 0.3 is 12.5 Å². The molecule has 42 heavy (non-hydrogen) atoms. The molecule has 2 N–H and O–H groups in total. The third-order valence-corrected chi connectivity index (χ3v) is 7.95. The topological polar surface area (TPSA) is 137 Å². The molecular formula is C27H28F3N5O6S. The summed E-state index contributed by atoms with van der Waals surface area (Å²) in [6, 6.07) is 8.16. The summed E-state index contributed by atoms with van der Waals surface area (Å²) >= 11 is 0. The Morgan fingerprint density at radius 2 is 1.93 bits per heavy atom. The number of nitrogens with zero attached hydrogens (tertiary/aromatic N) is 3. The van der Waals surface area contributed by atoms with Crippen LogP contribution in [0.25, 0.3) is 16.9 Å². The molecule has 15 heteroatoms. The van der Waals surface area contributed by atoms with Gasteiger partial charge in [-0.15, -0.1) is 5.10 Å². The number of fused-ring (bicyclic) bond motifs is 2. The quantitative estimate of drug-likeness (QED) is 0.277. The van der Waals surface area contributed by atoms with E-state index in [4.69, 9.17) is 4.74 Å². The summed E-state index contributed by atoms with van der Waals surface area (Å²) < 4.78 is 85.3. The molecule has 0 spiro atoms. The molecule has 1 aliphatic rings. The van der Waals surface area contributed by atoms with E-state index in [1.807, 2.05) is 6.92 Å². The maximum Gasteiger partial charge on any atom is 0.468 e. The third-order valence-electron chi connectivity index (χ3n) is 6.49. The first-order valence-corrected chi connectivity index (χ1v) is 14.7. The zero-order chi connectivity index (χ0) is 30.2. The summed E-state index contributed by atoms with van der Waals surface area (Å²) in [7, 11) is -4.06. The number of aryl methyl sites for hydroxylation is 2. The van der Waals surface area contributed by atoms with Crippen LogP contribution < -0.4 is 24.5 Å². The summed E-state index contributed by atoms with van der Waals surface area (Å²) in [6.45, 7) is 5.68. The Bertz CT molecular complexity index is 1810. The molecule has 2 aromatic heterocycles. The van der Waals surface area contributed by atoms with Crippen molar-refractivity contribution in [1.82, 2.24) is 24.3 Å². The molecule has 11 nitrogen and oxygen atoms in total. The molecule has 224 valence electrons. The number of alkyl halides is 3. The molecule has 4 aromatic rings. The van der Waals surface area contributed by atoms with E-state index in [-0.39, 0.29) is 47.4 Å². The van der Waals surface area contributed by atoms with Gasteiger partial charge in [0.2, 0.25) is 10.0 Å². The SMILES string of the molecule is CCCc1nc(C)c2c(=O)[nH]c(-c3cc(S(=O)(=O)NCCc4ccc5c(c4)OC(F)C(F)(F)O5)ccc3OCC)nn12. The lowest BCUT2D eigenvalue weighted by molar-refractivity contribution is -0.281. The Morgan fingerprint density at radius 3 is 2.67 bits per heavy atom. The molecule has 1 atom stereocenters. The van der Waals surface area contributed by atoms with E-state index in [1.165, 1.54) is 40.9 Å². The number of aromatic amines is 1. The highest BCUT2D eigenvalue weighted by Gasteiger charge is 2.49. The van der Waals surface area contributed by atoms with Crippen LogP contribution in [0.15, 0.2) is 46.1 Å². The van der Waals surface area contributed by atoms with E-state index in [0.717, 1.165) is 6.42 Å². The minimum Gasteiger partial charge on any atom is -0.493 e. The highest BCUT2D eigenvalue weighted by Crippen LogP contribution is 2.41. The minimum atomic E-state index is -4.11. The molecule has 2 aromatic carbocycles. The fraction of sp³-hybridized carbons (Fsp3) is 0.370. The van der Waals surface area contributed by atoms with Gasteiger partial charge in [-0.1, -0.05) is 13.0 Å². The number of hydrogen-bond acceptors (Lipinski definition) is 8. The maximum absolute atomic E-state index is 13.5. The number of rotatable bonds is 10. The van der Waals surface area contributed by atoms with Gasteiger partial charge in [0.25, 0.3) is 5.56 Å². The summed E-state index contributed by atoms with van der Waals surface area (Å²) in [4.78, 5) is 20.0. The van der Waals surface area contributed by atoms with Crippen molar-refractivity contribution in [1.29, 1.82) is 0 Å². The van der Waals surface area contributed by atoms with Crippen LogP contribution in [0.2, 0.25) is 0 Å². The molecule has 0 bridgehead atoms. The standard InChI is InChI=1S/C27H28F3N5O6S/c1-4-6-22-32-15(3)23-25(36)33-24(34-35(22)23)18-14-17(8-10-19(18)39-5-2)42(37,38)31-12-11-16-7-9-20-21(13-16)40-26(28)27(29,30)41-20/h7-10,13-14,26,31H,4-6,11-12H2,1-3H3,(H,33,34,36). The van der Waals surface area contributed by atoms with Crippen molar-refractivity contribution in [3.05, 3.63) is 63.8 Å². The summed E-state index contributed by atoms with van der Waals surface area (Å²) in [5.41, 5.74) is 1.17. The van der Waals surface area contributed by atoms with Crippen molar-refractivity contribution in [2.24, 2.45) is 0 Å². The fourth-order valence-corrected chi connectivity index (χ4v) is 5.61. The van der Waals surface area contributed by atoms with Crippen LogP contribution in [0.5, 0.6) is 17.2 Å². The van der Waals surface area contributed by atoms with Crippen LogP contribution in [-0.4, -0.2) is 53.6 Å². The van der Waals surface area contributed by atoms with Gasteiger partial charge in [0.15, 0.2) is 22.8 Å². The van der Waals surface area contributed by atoms with Crippen LogP contribution in [0.1, 0.15) is 37.4 Å². The average molecular weight is 608 g/mol. The van der Waals surface area contributed by atoms with Gasteiger partial charge in [-0.2, -0.15) is 13.2 Å². The number of sulfonamides is 1. The zero-order valence-electron chi connectivity index (χ0n) is 22.9. The van der Waals surface area contributed by atoms with Crippen molar-refractivity contribution in [2.75, 3.05) is 13.2 Å². The molecule has 5 rings (SSSR count). The first-order valence-electron chi connectivity index (χ1n) is 13.2. The molecule has 3 heterocycles. The van der Waals surface area contributed by atoms with Gasteiger partial charge in [-0.25, -0.2) is 22.6 Å². The second-order valence-electron chi connectivity index (χ2n) is 9.54. The second-order valence-corrected chi connectivity index (χ2v) is 11.3. The van der Waals surface area contributed by atoms with E-state index < -0.39 is 28.0 Å². The first kappa shape index (κ1) is 29.4. The van der Waals surface area contributed by atoms with E-state index in [9.17, 15) is 26.4 Å². The zero-order valence-corrected chi connectivity index (χ0v) is 23.7. The van der Waals surface area contributed by atoms with Gasteiger partial charge in [0.05, 0.1) is 22.8 Å². The van der Waals surface area contributed by atoms with Crippen molar-refractivity contribution in [3.63, 3.8) is 0 Å². The molecule has 0 saturated heterocycles. The van der Waals surface area contributed by atoms with E-state index in [2.05, 4.69) is 29.3 Å². The van der Waals surface area contributed by atoms with E-state index >= 15 is 0 Å². The van der Waals surface area contributed by atoms with Gasteiger partial charge in [0.1, 0.15) is 11.6 Å². The number of aromatic nitrogens is 4. The van der Waals surface area contributed by atoms with Crippen LogP contribution in [0, 0.1) is 6.92 Å². The van der Waals surface area contributed by atoms with E-state index in [0.29, 0.717) is 34.8 Å². The highest BCUT2D eigenvalue weighted by molar-refractivity contribution is 7.89. The normalized spacial score (nSPS) is 16.1. The lowest BCUT2D eigenvalue weighted by atomic mass is 10.1. The molecule has 1 unspecified atom stereocenters. The van der Waals surface area contributed by atoms with Gasteiger partial charge < -0.3 is 19.2 Å². The monoisotopic (exact) mass is 607 g/mol.